The lowest BCUT2D eigenvalue weighted by Gasteiger charge is -2.08. The van der Waals surface area contributed by atoms with Gasteiger partial charge in [0, 0.05) is 15.6 Å². The van der Waals surface area contributed by atoms with Crippen LogP contribution < -0.4 is 0 Å². The van der Waals surface area contributed by atoms with Crippen LogP contribution in [0, 0.1) is 5.82 Å². The molecule has 0 atom stereocenters. The van der Waals surface area contributed by atoms with Gasteiger partial charge in [-0.15, -0.1) is 0 Å². The Morgan fingerprint density at radius 2 is 1.53 bits per heavy atom. The van der Waals surface area contributed by atoms with E-state index in [0.717, 1.165) is 10.8 Å². The summed E-state index contributed by atoms with van der Waals surface area (Å²) in [6.07, 6.45) is 0. The molecule has 0 fully saturated rings. The summed E-state index contributed by atoms with van der Waals surface area (Å²) in [6, 6.07) is 15.9. The van der Waals surface area contributed by atoms with E-state index in [2.05, 4.69) is 15.9 Å². The van der Waals surface area contributed by atoms with Crippen LogP contribution in [0.5, 0.6) is 5.75 Å². The Morgan fingerprint density at radius 3 is 2.21 bits per heavy atom. The number of phenolic OH excluding ortho intramolecular Hbond substituents is 1. The van der Waals surface area contributed by atoms with E-state index in [-0.39, 0.29) is 11.6 Å². The van der Waals surface area contributed by atoms with Crippen LogP contribution in [0.1, 0.15) is 0 Å². The number of aromatic hydroxyl groups is 1. The van der Waals surface area contributed by atoms with Gasteiger partial charge < -0.3 is 5.11 Å². The third-order valence-electron chi connectivity index (χ3n) is 3.09. The SMILES string of the molecule is Oc1cc2ccccc2cc1-c1ccc(Br)cc1F. The largest absolute Gasteiger partial charge is 0.507 e. The quantitative estimate of drug-likeness (QED) is 0.661. The second-order valence-electron chi connectivity index (χ2n) is 4.34. The Kier molecular flexibility index (Phi) is 2.99. The van der Waals surface area contributed by atoms with Gasteiger partial charge in [0.05, 0.1) is 0 Å². The Labute approximate surface area is 118 Å². The molecule has 0 aromatic heterocycles. The highest BCUT2D eigenvalue weighted by Crippen LogP contribution is 2.35. The predicted octanol–water partition coefficient (Wildman–Crippen LogP) is 5.11. The van der Waals surface area contributed by atoms with E-state index >= 15 is 0 Å². The average molecular weight is 317 g/mol. The molecule has 94 valence electrons. The summed E-state index contributed by atoms with van der Waals surface area (Å²) in [6.45, 7) is 0. The Balaban J connectivity index is 2.27. The molecular weight excluding hydrogens is 307 g/mol. The van der Waals surface area contributed by atoms with E-state index in [4.69, 9.17) is 0 Å². The number of rotatable bonds is 1. The fraction of sp³-hybridized carbons (Fsp3) is 0. The van der Waals surface area contributed by atoms with Crippen LogP contribution in [0.2, 0.25) is 0 Å². The zero-order valence-corrected chi connectivity index (χ0v) is 11.5. The lowest BCUT2D eigenvalue weighted by molar-refractivity contribution is 0.477. The van der Waals surface area contributed by atoms with Gasteiger partial charge in [0.1, 0.15) is 11.6 Å². The van der Waals surface area contributed by atoms with Crippen molar-refractivity contribution in [3.8, 4) is 16.9 Å². The van der Waals surface area contributed by atoms with Crippen LogP contribution in [-0.2, 0) is 0 Å². The van der Waals surface area contributed by atoms with Crippen molar-refractivity contribution in [2.45, 2.75) is 0 Å². The smallest absolute Gasteiger partial charge is 0.132 e. The summed E-state index contributed by atoms with van der Waals surface area (Å²) in [5, 5.41) is 12.0. The summed E-state index contributed by atoms with van der Waals surface area (Å²) in [5.74, 6) is -0.278. The maximum atomic E-state index is 14.0. The molecule has 0 saturated carbocycles. The van der Waals surface area contributed by atoms with Crippen LogP contribution >= 0.6 is 15.9 Å². The summed E-state index contributed by atoms with van der Waals surface area (Å²) in [5.41, 5.74) is 0.898. The topological polar surface area (TPSA) is 20.2 Å². The molecule has 0 unspecified atom stereocenters. The Bertz CT molecular complexity index is 768. The standard InChI is InChI=1S/C16H10BrFO/c17-12-5-6-13(15(18)9-12)14-7-10-3-1-2-4-11(10)8-16(14)19/h1-9,19H. The monoisotopic (exact) mass is 316 g/mol. The highest BCUT2D eigenvalue weighted by Gasteiger charge is 2.11. The van der Waals surface area contributed by atoms with Gasteiger partial charge in [0.15, 0.2) is 0 Å². The maximum Gasteiger partial charge on any atom is 0.132 e. The van der Waals surface area contributed by atoms with Crippen molar-refractivity contribution in [1.29, 1.82) is 0 Å². The normalized spacial score (nSPS) is 10.8. The molecule has 0 bridgehead atoms. The molecule has 0 amide bonds. The van der Waals surface area contributed by atoms with Gasteiger partial charge in [-0.25, -0.2) is 4.39 Å². The first kappa shape index (κ1) is 12.2. The maximum absolute atomic E-state index is 14.0. The van der Waals surface area contributed by atoms with Crippen molar-refractivity contribution >= 4 is 26.7 Å². The molecule has 3 aromatic rings. The summed E-state index contributed by atoms with van der Waals surface area (Å²) >= 11 is 3.22. The lowest BCUT2D eigenvalue weighted by Crippen LogP contribution is -1.86. The van der Waals surface area contributed by atoms with Crippen LogP contribution in [-0.4, -0.2) is 5.11 Å². The summed E-state index contributed by atoms with van der Waals surface area (Å²) in [7, 11) is 0. The Morgan fingerprint density at radius 1 is 0.842 bits per heavy atom. The third-order valence-corrected chi connectivity index (χ3v) is 3.58. The number of fused-ring (bicyclic) bond motifs is 1. The van der Waals surface area contributed by atoms with Crippen molar-refractivity contribution in [2.75, 3.05) is 0 Å². The van der Waals surface area contributed by atoms with E-state index < -0.39 is 0 Å². The molecule has 0 radical (unpaired) electrons. The van der Waals surface area contributed by atoms with Crippen LogP contribution in [0.3, 0.4) is 0 Å². The van der Waals surface area contributed by atoms with Gasteiger partial charge >= 0.3 is 0 Å². The zero-order valence-electron chi connectivity index (χ0n) is 9.90. The van der Waals surface area contributed by atoms with E-state index in [1.165, 1.54) is 6.07 Å². The molecule has 3 heteroatoms. The van der Waals surface area contributed by atoms with Crippen molar-refractivity contribution in [2.24, 2.45) is 0 Å². The Hall–Kier alpha value is -1.87. The predicted molar refractivity (Wildman–Crippen MR) is 78.7 cm³/mol. The first-order chi connectivity index (χ1) is 9.15. The number of halogens is 2. The second-order valence-corrected chi connectivity index (χ2v) is 5.26. The summed E-state index contributed by atoms with van der Waals surface area (Å²) in [4.78, 5) is 0. The molecule has 19 heavy (non-hydrogen) atoms. The van der Waals surface area contributed by atoms with E-state index in [0.29, 0.717) is 15.6 Å². The molecule has 3 aromatic carbocycles. The number of benzene rings is 3. The van der Waals surface area contributed by atoms with Crippen molar-refractivity contribution in [3.05, 3.63) is 64.9 Å². The molecule has 0 aliphatic heterocycles. The minimum atomic E-state index is -0.361. The van der Waals surface area contributed by atoms with Gasteiger partial charge in [0.2, 0.25) is 0 Å². The number of phenols is 1. The van der Waals surface area contributed by atoms with Gasteiger partial charge in [-0.3, -0.25) is 0 Å². The highest BCUT2D eigenvalue weighted by atomic mass is 79.9. The van der Waals surface area contributed by atoms with Gasteiger partial charge in [-0.1, -0.05) is 46.3 Å². The minimum absolute atomic E-state index is 0.0833. The molecule has 0 saturated heterocycles. The van der Waals surface area contributed by atoms with Crippen molar-refractivity contribution in [1.82, 2.24) is 0 Å². The van der Waals surface area contributed by atoms with E-state index in [1.54, 1.807) is 24.3 Å². The first-order valence-electron chi connectivity index (χ1n) is 5.82. The molecule has 0 aliphatic rings. The molecule has 1 nitrogen and oxygen atoms in total. The molecule has 0 aliphatic carbocycles. The van der Waals surface area contributed by atoms with Crippen LogP contribution in [0.25, 0.3) is 21.9 Å². The molecule has 3 rings (SSSR count). The van der Waals surface area contributed by atoms with Crippen LogP contribution in [0.4, 0.5) is 4.39 Å². The number of hydrogen-bond donors (Lipinski definition) is 1. The highest BCUT2D eigenvalue weighted by molar-refractivity contribution is 9.10. The fourth-order valence-electron chi connectivity index (χ4n) is 2.15. The fourth-order valence-corrected chi connectivity index (χ4v) is 2.49. The van der Waals surface area contributed by atoms with E-state index in [9.17, 15) is 9.50 Å². The second kappa shape index (κ2) is 4.67. The van der Waals surface area contributed by atoms with Gasteiger partial charge in [-0.05, 0) is 35.0 Å². The molecule has 1 N–H and O–H groups in total. The average Bonchev–Trinajstić information content (AvgIpc) is 2.38. The zero-order chi connectivity index (χ0) is 13.4. The van der Waals surface area contributed by atoms with E-state index in [1.807, 2.05) is 24.3 Å². The summed E-state index contributed by atoms with van der Waals surface area (Å²) < 4.78 is 14.7. The minimum Gasteiger partial charge on any atom is -0.507 e. The van der Waals surface area contributed by atoms with Crippen molar-refractivity contribution in [3.63, 3.8) is 0 Å². The molecular formula is C16H10BrFO. The first-order valence-corrected chi connectivity index (χ1v) is 6.61. The third kappa shape index (κ3) is 2.22. The molecule has 0 heterocycles. The van der Waals surface area contributed by atoms with Crippen molar-refractivity contribution < 1.29 is 9.50 Å². The number of hydrogen-bond acceptors (Lipinski definition) is 1. The molecule has 0 spiro atoms. The lowest BCUT2D eigenvalue weighted by atomic mass is 10.00. The van der Waals surface area contributed by atoms with Crippen LogP contribution in [0.15, 0.2) is 59.1 Å². The van der Waals surface area contributed by atoms with Gasteiger partial charge in [0.25, 0.3) is 0 Å². The van der Waals surface area contributed by atoms with Gasteiger partial charge in [-0.2, -0.15) is 0 Å².